The maximum atomic E-state index is 11.7. The van der Waals surface area contributed by atoms with Crippen LogP contribution in [0.1, 0.15) is 24.8 Å². The molecule has 0 aliphatic carbocycles. The number of carbonyl (C=O) groups excluding carboxylic acids is 1. The summed E-state index contributed by atoms with van der Waals surface area (Å²) < 4.78 is 6.40. The van der Waals surface area contributed by atoms with Crippen molar-refractivity contribution in [2.45, 2.75) is 26.2 Å². The van der Waals surface area contributed by atoms with Crippen molar-refractivity contribution in [3.8, 4) is 0 Å². The Hall–Kier alpha value is -1.46. The van der Waals surface area contributed by atoms with Crippen molar-refractivity contribution in [2.75, 3.05) is 19.8 Å². The predicted octanol–water partition coefficient (Wildman–Crippen LogP) is 2.77. The fourth-order valence-corrected chi connectivity index (χ4v) is 2.85. The number of aromatic nitrogens is 1. The van der Waals surface area contributed by atoms with Gasteiger partial charge in [0.05, 0.1) is 15.2 Å². The van der Waals surface area contributed by atoms with Crippen molar-refractivity contribution < 1.29 is 9.53 Å². The van der Waals surface area contributed by atoms with E-state index in [1.165, 1.54) is 4.70 Å². The van der Waals surface area contributed by atoms with E-state index in [1.807, 2.05) is 25.1 Å². The minimum absolute atomic E-state index is 0.0840. The average Bonchev–Trinajstić information content (AvgIpc) is 2.88. The first kappa shape index (κ1) is 14.9. The SMILES string of the molecule is CCOCCCNC(=O)CCc1nc2ccccc2s1. The Morgan fingerprint density at radius 2 is 2.25 bits per heavy atom. The highest BCUT2D eigenvalue weighted by molar-refractivity contribution is 7.18. The number of para-hydroxylation sites is 1. The lowest BCUT2D eigenvalue weighted by atomic mass is 10.3. The van der Waals surface area contributed by atoms with Crippen LogP contribution in [0.5, 0.6) is 0 Å². The van der Waals surface area contributed by atoms with Crippen LogP contribution in [0.4, 0.5) is 0 Å². The van der Waals surface area contributed by atoms with Gasteiger partial charge in [0, 0.05) is 32.6 Å². The van der Waals surface area contributed by atoms with E-state index in [9.17, 15) is 4.79 Å². The number of ether oxygens (including phenoxy) is 1. The summed E-state index contributed by atoms with van der Waals surface area (Å²) in [6.45, 7) is 4.08. The van der Waals surface area contributed by atoms with Gasteiger partial charge in [-0.05, 0) is 25.5 Å². The third kappa shape index (κ3) is 4.58. The molecule has 0 unspecified atom stereocenters. The number of thiazole rings is 1. The molecule has 0 radical (unpaired) electrons. The number of hydrogen-bond acceptors (Lipinski definition) is 4. The number of amides is 1. The van der Waals surface area contributed by atoms with Crippen LogP contribution < -0.4 is 5.32 Å². The average molecular weight is 292 g/mol. The Morgan fingerprint density at radius 1 is 1.40 bits per heavy atom. The first-order chi connectivity index (χ1) is 9.79. The number of nitrogens with one attached hydrogen (secondary N) is 1. The number of aryl methyl sites for hydroxylation is 1. The summed E-state index contributed by atoms with van der Waals surface area (Å²) in [7, 11) is 0. The lowest BCUT2D eigenvalue weighted by molar-refractivity contribution is -0.121. The maximum absolute atomic E-state index is 11.7. The van der Waals surface area contributed by atoms with Crippen molar-refractivity contribution in [3.05, 3.63) is 29.3 Å². The standard InChI is InChI=1S/C15H20N2O2S/c1-2-19-11-5-10-16-14(18)8-9-15-17-12-6-3-4-7-13(12)20-15/h3-4,6-7H,2,5,8-11H2,1H3,(H,16,18). The zero-order chi connectivity index (χ0) is 14.2. The minimum atomic E-state index is 0.0840. The first-order valence-electron chi connectivity index (χ1n) is 6.98. The lowest BCUT2D eigenvalue weighted by Crippen LogP contribution is -2.25. The van der Waals surface area contributed by atoms with Gasteiger partial charge in [-0.25, -0.2) is 4.98 Å². The quantitative estimate of drug-likeness (QED) is 0.761. The summed E-state index contributed by atoms with van der Waals surface area (Å²) in [4.78, 5) is 16.2. The normalized spacial score (nSPS) is 10.8. The fraction of sp³-hybridized carbons (Fsp3) is 0.467. The Kier molecular flexibility index (Phi) is 5.95. The molecule has 2 aromatic rings. The van der Waals surface area contributed by atoms with Crippen LogP contribution in [-0.4, -0.2) is 30.6 Å². The predicted molar refractivity (Wildman–Crippen MR) is 82.1 cm³/mol. The van der Waals surface area contributed by atoms with Crippen LogP contribution in [0.25, 0.3) is 10.2 Å². The Morgan fingerprint density at radius 3 is 3.05 bits per heavy atom. The van der Waals surface area contributed by atoms with E-state index >= 15 is 0 Å². The zero-order valence-corrected chi connectivity index (χ0v) is 12.5. The second-order valence-electron chi connectivity index (χ2n) is 4.48. The maximum Gasteiger partial charge on any atom is 0.220 e. The molecule has 20 heavy (non-hydrogen) atoms. The largest absolute Gasteiger partial charge is 0.382 e. The molecule has 0 bridgehead atoms. The van der Waals surface area contributed by atoms with Crippen LogP contribution in [0, 0.1) is 0 Å². The summed E-state index contributed by atoms with van der Waals surface area (Å²) >= 11 is 1.66. The summed E-state index contributed by atoms with van der Waals surface area (Å²) in [5.41, 5.74) is 1.02. The molecule has 0 aliphatic rings. The zero-order valence-electron chi connectivity index (χ0n) is 11.7. The van der Waals surface area contributed by atoms with Gasteiger partial charge in [0.25, 0.3) is 0 Å². The third-order valence-electron chi connectivity index (χ3n) is 2.90. The van der Waals surface area contributed by atoms with E-state index in [-0.39, 0.29) is 5.91 Å². The van der Waals surface area contributed by atoms with Crippen LogP contribution >= 0.6 is 11.3 Å². The Labute approximate surface area is 123 Å². The highest BCUT2D eigenvalue weighted by Gasteiger charge is 2.06. The second-order valence-corrected chi connectivity index (χ2v) is 5.59. The van der Waals surface area contributed by atoms with Crippen molar-refractivity contribution in [3.63, 3.8) is 0 Å². The van der Waals surface area contributed by atoms with Crippen molar-refractivity contribution in [1.29, 1.82) is 0 Å². The summed E-state index contributed by atoms with van der Waals surface area (Å²) in [6, 6.07) is 8.06. The molecule has 0 atom stereocenters. The van der Waals surface area contributed by atoms with Crippen LogP contribution in [0.3, 0.4) is 0 Å². The van der Waals surface area contributed by atoms with Gasteiger partial charge in [0.15, 0.2) is 0 Å². The molecule has 0 fully saturated rings. The Bertz CT molecular complexity index is 521. The molecule has 0 spiro atoms. The van der Waals surface area contributed by atoms with E-state index < -0.39 is 0 Å². The number of hydrogen-bond donors (Lipinski definition) is 1. The molecule has 1 aromatic carbocycles. The number of nitrogens with zero attached hydrogens (tertiary/aromatic N) is 1. The molecule has 1 aromatic heterocycles. The monoisotopic (exact) mass is 292 g/mol. The molecule has 108 valence electrons. The molecule has 1 N–H and O–H groups in total. The van der Waals surface area contributed by atoms with E-state index in [0.29, 0.717) is 26.0 Å². The molecule has 0 saturated carbocycles. The van der Waals surface area contributed by atoms with E-state index in [4.69, 9.17) is 4.74 Å². The number of fused-ring (bicyclic) bond motifs is 1. The van der Waals surface area contributed by atoms with Gasteiger partial charge in [-0.3, -0.25) is 4.79 Å². The topological polar surface area (TPSA) is 51.2 Å². The fourth-order valence-electron chi connectivity index (χ4n) is 1.88. The molecule has 0 saturated heterocycles. The van der Waals surface area contributed by atoms with Gasteiger partial charge in [0.2, 0.25) is 5.91 Å². The van der Waals surface area contributed by atoms with Gasteiger partial charge < -0.3 is 10.1 Å². The van der Waals surface area contributed by atoms with Gasteiger partial charge >= 0.3 is 0 Å². The van der Waals surface area contributed by atoms with E-state index in [0.717, 1.165) is 23.6 Å². The van der Waals surface area contributed by atoms with Crippen molar-refractivity contribution >= 4 is 27.5 Å². The number of rotatable bonds is 8. The van der Waals surface area contributed by atoms with Crippen molar-refractivity contribution in [1.82, 2.24) is 10.3 Å². The van der Waals surface area contributed by atoms with E-state index in [2.05, 4.69) is 16.4 Å². The summed E-state index contributed by atoms with van der Waals surface area (Å²) in [6.07, 6.45) is 2.06. The molecular weight excluding hydrogens is 272 g/mol. The second kappa shape index (κ2) is 7.97. The smallest absolute Gasteiger partial charge is 0.220 e. The van der Waals surface area contributed by atoms with Crippen LogP contribution in [0.2, 0.25) is 0 Å². The van der Waals surface area contributed by atoms with Crippen LogP contribution in [0.15, 0.2) is 24.3 Å². The van der Waals surface area contributed by atoms with Gasteiger partial charge in [-0.15, -0.1) is 11.3 Å². The molecular formula is C15H20N2O2S. The molecule has 0 aliphatic heterocycles. The van der Waals surface area contributed by atoms with Crippen molar-refractivity contribution in [2.24, 2.45) is 0 Å². The third-order valence-corrected chi connectivity index (χ3v) is 3.99. The van der Waals surface area contributed by atoms with Gasteiger partial charge in [0.1, 0.15) is 0 Å². The minimum Gasteiger partial charge on any atom is -0.382 e. The van der Waals surface area contributed by atoms with Gasteiger partial charge in [-0.1, -0.05) is 12.1 Å². The Balaban J connectivity index is 1.70. The first-order valence-corrected chi connectivity index (χ1v) is 7.80. The highest BCUT2D eigenvalue weighted by Crippen LogP contribution is 2.22. The lowest BCUT2D eigenvalue weighted by Gasteiger charge is -2.04. The van der Waals surface area contributed by atoms with Crippen LogP contribution in [-0.2, 0) is 16.0 Å². The summed E-state index contributed by atoms with van der Waals surface area (Å²) in [5.74, 6) is 0.0840. The molecule has 2 rings (SSSR count). The molecule has 5 heteroatoms. The summed E-state index contributed by atoms with van der Waals surface area (Å²) in [5, 5.41) is 3.93. The number of benzene rings is 1. The molecule has 1 amide bonds. The molecule has 1 heterocycles. The van der Waals surface area contributed by atoms with E-state index in [1.54, 1.807) is 11.3 Å². The number of carbonyl (C=O) groups is 1. The molecule has 4 nitrogen and oxygen atoms in total. The van der Waals surface area contributed by atoms with Gasteiger partial charge in [-0.2, -0.15) is 0 Å². The highest BCUT2D eigenvalue weighted by atomic mass is 32.1.